The summed E-state index contributed by atoms with van der Waals surface area (Å²) >= 11 is 2.93. The van der Waals surface area contributed by atoms with Crippen LogP contribution in [0, 0.1) is 5.92 Å². The zero-order valence-corrected chi connectivity index (χ0v) is 16.6. The number of fused-ring (bicyclic) bond motifs is 3. The fraction of sp³-hybridized carbons (Fsp3) is 0.611. The van der Waals surface area contributed by atoms with Crippen molar-refractivity contribution in [2.24, 2.45) is 11.7 Å². The SMILES string of the molecule is CC(C)CCn1c(S[C@H](C)C(N)=O)nc2sc3c(c2c1=O)CCCC3. The lowest BCUT2D eigenvalue weighted by molar-refractivity contribution is -0.117. The Balaban J connectivity index is 2.13. The topological polar surface area (TPSA) is 78.0 Å². The van der Waals surface area contributed by atoms with Crippen molar-refractivity contribution >= 4 is 39.2 Å². The Hall–Kier alpha value is -1.34. The molecule has 1 atom stereocenters. The second-order valence-corrected chi connectivity index (χ2v) is 9.48. The molecule has 0 saturated carbocycles. The van der Waals surface area contributed by atoms with Crippen LogP contribution in [0.1, 0.15) is 50.5 Å². The molecule has 1 aliphatic carbocycles. The van der Waals surface area contributed by atoms with Gasteiger partial charge in [0.1, 0.15) is 4.83 Å². The van der Waals surface area contributed by atoms with Crippen LogP contribution in [0.3, 0.4) is 0 Å². The summed E-state index contributed by atoms with van der Waals surface area (Å²) in [5, 5.41) is 1.01. The number of carbonyl (C=O) groups excluding carboxylic acids is 1. The molecule has 0 aliphatic heterocycles. The first kappa shape index (κ1) is 18.5. The average molecular weight is 380 g/mol. The van der Waals surface area contributed by atoms with E-state index in [4.69, 9.17) is 10.7 Å². The van der Waals surface area contributed by atoms with Crippen LogP contribution in [-0.4, -0.2) is 20.7 Å². The van der Waals surface area contributed by atoms with Gasteiger partial charge in [0.05, 0.1) is 10.6 Å². The number of amides is 1. The summed E-state index contributed by atoms with van der Waals surface area (Å²) < 4.78 is 1.76. The van der Waals surface area contributed by atoms with Crippen LogP contribution in [0.5, 0.6) is 0 Å². The number of rotatable bonds is 6. The van der Waals surface area contributed by atoms with Crippen LogP contribution in [0.15, 0.2) is 9.95 Å². The second-order valence-electron chi connectivity index (χ2n) is 7.09. The summed E-state index contributed by atoms with van der Waals surface area (Å²) in [6.07, 6.45) is 5.24. The van der Waals surface area contributed by atoms with E-state index in [1.165, 1.54) is 28.6 Å². The van der Waals surface area contributed by atoms with Crippen molar-refractivity contribution in [3.05, 3.63) is 20.8 Å². The predicted molar refractivity (Wildman–Crippen MR) is 104 cm³/mol. The van der Waals surface area contributed by atoms with Crippen LogP contribution < -0.4 is 11.3 Å². The number of thioether (sulfide) groups is 1. The molecule has 3 rings (SSSR count). The van der Waals surface area contributed by atoms with Gasteiger partial charge in [0, 0.05) is 11.4 Å². The molecule has 5 nitrogen and oxygen atoms in total. The molecule has 2 heterocycles. The normalized spacial score (nSPS) is 15.5. The van der Waals surface area contributed by atoms with E-state index in [0.717, 1.165) is 35.9 Å². The van der Waals surface area contributed by atoms with Crippen LogP contribution in [-0.2, 0) is 24.2 Å². The molecule has 136 valence electrons. The van der Waals surface area contributed by atoms with E-state index < -0.39 is 5.25 Å². The van der Waals surface area contributed by atoms with Crippen molar-refractivity contribution in [2.75, 3.05) is 0 Å². The summed E-state index contributed by atoms with van der Waals surface area (Å²) in [5.41, 5.74) is 6.67. The predicted octanol–water partition coefficient (Wildman–Crippen LogP) is 3.35. The smallest absolute Gasteiger partial charge is 0.263 e. The zero-order chi connectivity index (χ0) is 18.1. The Labute approximate surface area is 156 Å². The van der Waals surface area contributed by atoms with E-state index in [0.29, 0.717) is 17.6 Å². The zero-order valence-electron chi connectivity index (χ0n) is 15.0. The van der Waals surface area contributed by atoms with Gasteiger partial charge in [-0.2, -0.15) is 0 Å². The lowest BCUT2D eigenvalue weighted by Crippen LogP contribution is -2.27. The Morgan fingerprint density at radius 2 is 2.04 bits per heavy atom. The molecule has 2 aromatic heterocycles. The molecule has 0 spiro atoms. The van der Waals surface area contributed by atoms with Gasteiger partial charge in [-0.15, -0.1) is 11.3 Å². The maximum absolute atomic E-state index is 13.2. The van der Waals surface area contributed by atoms with Gasteiger partial charge >= 0.3 is 0 Å². The molecule has 0 aromatic carbocycles. The van der Waals surface area contributed by atoms with E-state index in [-0.39, 0.29) is 11.5 Å². The Morgan fingerprint density at radius 1 is 1.32 bits per heavy atom. The van der Waals surface area contributed by atoms with Gasteiger partial charge in [0.2, 0.25) is 5.91 Å². The number of primary amides is 1. The van der Waals surface area contributed by atoms with Crippen molar-refractivity contribution in [3.8, 4) is 0 Å². The third kappa shape index (κ3) is 3.77. The summed E-state index contributed by atoms with van der Waals surface area (Å²) in [7, 11) is 0. The standard InChI is InChI=1S/C18H25N3O2S2/c1-10(2)8-9-21-17(23)14-12-6-4-5-7-13(12)25-16(14)20-18(21)24-11(3)15(19)22/h10-11H,4-9H2,1-3H3,(H2,19,22)/t11-/m1/s1. The molecule has 0 bridgehead atoms. The molecule has 0 unspecified atom stereocenters. The molecule has 0 fully saturated rings. The van der Waals surface area contributed by atoms with Crippen LogP contribution >= 0.6 is 23.1 Å². The molecule has 7 heteroatoms. The number of nitrogens with zero attached hydrogens (tertiary/aromatic N) is 2. The first-order valence-corrected chi connectivity index (χ1v) is 10.6. The minimum absolute atomic E-state index is 0.0456. The molecular formula is C18H25N3O2S2. The van der Waals surface area contributed by atoms with Crippen molar-refractivity contribution in [2.45, 2.75) is 69.8 Å². The van der Waals surface area contributed by atoms with Crippen molar-refractivity contribution in [3.63, 3.8) is 0 Å². The van der Waals surface area contributed by atoms with Gasteiger partial charge in [-0.1, -0.05) is 25.6 Å². The quantitative estimate of drug-likeness (QED) is 0.617. The van der Waals surface area contributed by atoms with Gasteiger partial charge in [-0.25, -0.2) is 4.98 Å². The number of hydrogen-bond donors (Lipinski definition) is 1. The van der Waals surface area contributed by atoms with E-state index in [2.05, 4.69) is 13.8 Å². The molecule has 1 aliphatic rings. The van der Waals surface area contributed by atoms with Crippen LogP contribution in [0.2, 0.25) is 0 Å². The number of hydrogen-bond acceptors (Lipinski definition) is 5. The third-order valence-corrected chi connectivity index (χ3v) is 6.95. The number of carbonyl (C=O) groups is 1. The van der Waals surface area contributed by atoms with Crippen molar-refractivity contribution in [1.29, 1.82) is 0 Å². The molecular weight excluding hydrogens is 354 g/mol. The number of nitrogens with two attached hydrogens (primary N) is 1. The molecule has 25 heavy (non-hydrogen) atoms. The lowest BCUT2D eigenvalue weighted by atomic mass is 9.97. The van der Waals surface area contributed by atoms with Crippen molar-refractivity contribution in [1.82, 2.24) is 9.55 Å². The molecule has 2 aromatic rings. The summed E-state index contributed by atoms with van der Waals surface area (Å²) in [4.78, 5) is 31.6. The molecule has 0 saturated heterocycles. The maximum atomic E-state index is 13.2. The van der Waals surface area contributed by atoms with E-state index in [1.54, 1.807) is 22.8 Å². The third-order valence-electron chi connectivity index (χ3n) is 4.65. The Bertz CT molecular complexity index is 854. The fourth-order valence-electron chi connectivity index (χ4n) is 3.11. The highest BCUT2D eigenvalue weighted by molar-refractivity contribution is 8.00. The van der Waals surface area contributed by atoms with Crippen molar-refractivity contribution < 1.29 is 4.79 Å². The van der Waals surface area contributed by atoms with Gasteiger partial charge in [0.15, 0.2) is 5.16 Å². The highest BCUT2D eigenvalue weighted by Crippen LogP contribution is 2.35. The summed E-state index contributed by atoms with van der Waals surface area (Å²) in [6.45, 7) is 6.66. The highest BCUT2D eigenvalue weighted by Gasteiger charge is 2.23. The first-order chi connectivity index (χ1) is 11.9. The van der Waals surface area contributed by atoms with E-state index >= 15 is 0 Å². The largest absolute Gasteiger partial charge is 0.369 e. The molecule has 1 amide bonds. The lowest BCUT2D eigenvalue weighted by Gasteiger charge is -2.15. The Kier molecular flexibility index (Phi) is 5.53. The minimum atomic E-state index is -0.413. The number of aromatic nitrogens is 2. The summed E-state index contributed by atoms with van der Waals surface area (Å²) in [6, 6.07) is 0. The number of aryl methyl sites for hydroxylation is 2. The Morgan fingerprint density at radius 3 is 2.72 bits per heavy atom. The molecule has 0 radical (unpaired) electrons. The van der Waals surface area contributed by atoms with Crippen LogP contribution in [0.4, 0.5) is 0 Å². The highest BCUT2D eigenvalue weighted by atomic mass is 32.2. The minimum Gasteiger partial charge on any atom is -0.369 e. The average Bonchev–Trinajstić information content (AvgIpc) is 2.92. The van der Waals surface area contributed by atoms with Gasteiger partial charge in [0.25, 0.3) is 5.56 Å². The fourth-order valence-corrected chi connectivity index (χ4v) is 5.30. The van der Waals surface area contributed by atoms with Gasteiger partial charge in [-0.3, -0.25) is 14.2 Å². The number of thiophene rings is 1. The first-order valence-electron chi connectivity index (χ1n) is 8.89. The molecule has 2 N–H and O–H groups in total. The monoisotopic (exact) mass is 379 g/mol. The van der Waals surface area contributed by atoms with Gasteiger partial charge < -0.3 is 5.73 Å². The summed E-state index contributed by atoms with van der Waals surface area (Å²) in [5.74, 6) is 0.102. The van der Waals surface area contributed by atoms with E-state index in [9.17, 15) is 9.59 Å². The van der Waals surface area contributed by atoms with Crippen LogP contribution in [0.25, 0.3) is 10.2 Å². The van der Waals surface area contributed by atoms with Gasteiger partial charge in [-0.05, 0) is 50.5 Å². The second kappa shape index (κ2) is 7.50. The maximum Gasteiger partial charge on any atom is 0.263 e. The van der Waals surface area contributed by atoms with E-state index in [1.807, 2.05) is 0 Å².